The molecule has 0 amide bonds. The van der Waals surface area contributed by atoms with Gasteiger partial charge in [-0.05, 0) is 18.2 Å². The van der Waals surface area contributed by atoms with E-state index in [-0.39, 0.29) is 28.2 Å². The van der Waals surface area contributed by atoms with Gasteiger partial charge in [-0.25, -0.2) is 15.0 Å². The Labute approximate surface area is 179 Å². The van der Waals surface area contributed by atoms with Gasteiger partial charge in [-0.15, -0.1) is 0 Å². The number of hydrogen-bond acceptors (Lipinski definition) is 7. The second-order valence-electron chi connectivity index (χ2n) is 6.58. The van der Waals surface area contributed by atoms with Crippen molar-refractivity contribution in [1.82, 2.24) is 19.9 Å². The molecule has 4 rings (SSSR count). The van der Waals surface area contributed by atoms with Crippen molar-refractivity contribution in [3.05, 3.63) is 54.0 Å². The van der Waals surface area contributed by atoms with Gasteiger partial charge in [0.2, 0.25) is 5.95 Å². The minimum atomic E-state index is -4.56. The molecule has 3 aromatic heterocycles. The zero-order valence-corrected chi connectivity index (χ0v) is 16.8. The molecule has 0 saturated heterocycles. The second-order valence-corrected chi connectivity index (χ2v) is 6.58. The number of methoxy groups -OCH3 is 2. The van der Waals surface area contributed by atoms with E-state index in [0.717, 1.165) is 12.3 Å². The highest BCUT2D eigenvalue weighted by atomic mass is 19.4. The average Bonchev–Trinajstić information content (AvgIpc) is 3.21. The van der Waals surface area contributed by atoms with Gasteiger partial charge in [0, 0.05) is 35.1 Å². The zero-order chi connectivity index (χ0) is 22.9. The summed E-state index contributed by atoms with van der Waals surface area (Å²) >= 11 is 0. The minimum Gasteiger partial charge on any atom is -0.493 e. The van der Waals surface area contributed by atoms with E-state index in [1.807, 2.05) is 6.07 Å². The highest BCUT2D eigenvalue weighted by Gasteiger charge is 2.31. The molecule has 1 aromatic carbocycles. The molecule has 0 bridgehead atoms. The molecular formula is C21H15F3N6O2. The van der Waals surface area contributed by atoms with Gasteiger partial charge < -0.3 is 19.8 Å². The highest BCUT2D eigenvalue weighted by Crippen LogP contribution is 2.35. The second kappa shape index (κ2) is 8.07. The molecule has 3 heterocycles. The monoisotopic (exact) mass is 440 g/mol. The van der Waals surface area contributed by atoms with Gasteiger partial charge in [0.15, 0.2) is 11.5 Å². The zero-order valence-electron chi connectivity index (χ0n) is 16.8. The van der Waals surface area contributed by atoms with Crippen molar-refractivity contribution in [2.24, 2.45) is 0 Å². The number of fused-ring (bicyclic) bond motifs is 1. The van der Waals surface area contributed by atoms with Crippen LogP contribution < -0.4 is 14.8 Å². The van der Waals surface area contributed by atoms with Crippen molar-refractivity contribution in [2.45, 2.75) is 6.18 Å². The van der Waals surface area contributed by atoms with E-state index >= 15 is 0 Å². The Morgan fingerprint density at radius 1 is 1.06 bits per heavy atom. The summed E-state index contributed by atoms with van der Waals surface area (Å²) in [7, 11) is 3.01. The van der Waals surface area contributed by atoms with Crippen LogP contribution >= 0.6 is 0 Å². The van der Waals surface area contributed by atoms with Crippen LogP contribution in [0.1, 0.15) is 11.1 Å². The predicted octanol–water partition coefficient (Wildman–Crippen LogP) is 4.67. The quantitative estimate of drug-likeness (QED) is 0.464. The molecule has 11 heteroatoms. The van der Waals surface area contributed by atoms with Gasteiger partial charge in [-0.3, -0.25) is 0 Å². The third kappa shape index (κ3) is 3.85. The van der Waals surface area contributed by atoms with Crippen molar-refractivity contribution in [3.63, 3.8) is 0 Å². The maximum atomic E-state index is 13.2. The van der Waals surface area contributed by atoms with E-state index in [1.54, 1.807) is 18.2 Å². The fourth-order valence-corrected chi connectivity index (χ4v) is 3.13. The number of nitrogens with one attached hydrogen (secondary N) is 2. The summed E-state index contributed by atoms with van der Waals surface area (Å²) in [6, 6.07) is 8.02. The first-order valence-corrected chi connectivity index (χ1v) is 9.15. The Hall–Kier alpha value is -4.33. The molecule has 0 fully saturated rings. The number of halogens is 3. The number of alkyl halides is 3. The normalized spacial score (nSPS) is 11.2. The van der Waals surface area contributed by atoms with E-state index in [2.05, 4.69) is 25.3 Å². The molecule has 0 unspecified atom stereocenters. The number of ether oxygens (including phenoxy) is 2. The van der Waals surface area contributed by atoms with Gasteiger partial charge in [0.1, 0.15) is 11.7 Å². The SMILES string of the molecule is COc1ccc(Nc2ncc(C#N)c(-c3c[nH]c4ncc(C(F)(F)F)cc34)n2)cc1OC. The lowest BCUT2D eigenvalue weighted by molar-refractivity contribution is -0.137. The smallest absolute Gasteiger partial charge is 0.417 e. The van der Waals surface area contributed by atoms with E-state index in [9.17, 15) is 18.4 Å². The van der Waals surface area contributed by atoms with E-state index < -0.39 is 11.7 Å². The number of aromatic amines is 1. The van der Waals surface area contributed by atoms with Crippen LogP contribution in [0.3, 0.4) is 0 Å². The summed E-state index contributed by atoms with van der Waals surface area (Å²) in [6.07, 6.45) is -1.05. The minimum absolute atomic E-state index is 0.0983. The lowest BCUT2D eigenvalue weighted by Gasteiger charge is -2.11. The fraction of sp³-hybridized carbons (Fsp3) is 0.143. The highest BCUT2D eigenvalue weighted by molar-refractivity contribution is 5.94. The van der Waals surface area contributed by atoms with E-state index in [1.165, 1.54) is 26.6 Å². The Morgan fingerprint density at radius 3 is 2.53 bits per heavy atom. The maximum Gasteiger partial charge on any atom is 0.417 e. The first kappa shape index (κ1) is 20.9. The summed E-state index contributed by atoms with van der Waals surface area (Å²) in [5, 5.41) is 12.7. The van der Waals surface area contributed by atoms with Crippen LogP contribution in [0.4, 0.5) is 24.8 Å². The maximum absolute atomic E-state index is 13.2. The molecule has 2 N–H and O–H groups in total. The van der Waals surface area contributed by atoms with Crippen LogP contribution in [0, 0.1) is 11.3 Å². The Morgan fingerprint density at radius 2 is 1.84 bits per heavy atom. The number of rotatable bonds is 5. The van der Waals surface area contributed by atoms with Crippen LogP contribution in [0.2, 0.25) is 0 Å². The molecule has 0 spiro atoms. The molecule has 0 aliphatic carbocycles. The fourth-order valence-electron chi connectivity index (χ4n) is 3.13. The number of aromatic nitrogens is 4. The Kier molecular flexibility index (Phi) is 5.28. The summed E-state index contributed by atoms with van der Waals surface area (Å²) in [5.41, 5.74) is 0.484. The van der Waals surface area contributed by atoms with Gasteiger partial charge in [-0.1, -0.05) is 0 Å². The molecule has 162 valence electrons. The molecule has 0 aliphatic heterocycles. The third-order valence-corrected chi connectivity index (χ3v) is 4.66. The molecule has 32 heavy (non-hydrogen) atoms. The van der Waals surface area contributed by atoms with E-state index in [4.69, 9.17) is 9.47 Å². The van der Waals surface area contributed by atoms with Crippen LogP contribution in [-0.2, 0) is 6.18 Å². The number of hydrogen-bond donors (Lipinski definition) is 2. The van der Waals surface area contributed by atoms with Crippen molar-refractivity contribution in [1.29, 1.82) is 5.26 Å². The molecule has 0 atom stereocenters. The van der Waals surface area contributed by atoms with Crippen molar-refractivity contribution in [2.75, 3.05) is 19.5 Å². The number of anilines is 2. The molecule has 0 aliphatic rings. The van der Waals surface area contributed by atoms with Crippen LogP contribution in [0.15, 0.2) is 42.9 Å². The van der Waals surface area contributed by atoms with Crippen molar-refractivity contribution >= 4 is 22.7 Å². The van der Waals surface area contributed by atoms with Crippen LogP contribution in [0.25, 0.3) is 22.3 Å². The van der Waals surface area contributed by atoms with Gasteiger partial charge in [0.05, 0.1) is 37.2 Å². The summed E-state index contributed by atoms with van der Waals surface area (Å²) in [5.74, 6) is 1.15. The summed E-state index contributed by atoms with van der Waals surface area (Å²) in [6.45, 7) is 0. The largest absolute Gasteiger partial charge is 0.493 e. The lowest BCUT2D eigenvalue weighted by Crippen LogP contribution is -2.05. The topological polar surface area (TPSA) is 109 Å². The lowest BCUT2D eigenvalue weighted by atomic mass is 10.1. The molecule has 0 radical (unpaired) electrons. The third-order valence-electron chi connectivity index (χ3n) is 4.66. The number of benzene rings is 1. The molecule has 0 saturated carbocycles. The predicted molar refractivity (Wildman–Crippen MR) is 110 cm³/mol. The van der Waals surface area contributed by atoms with Crippen LogP contribution in [-0.4, -0.2) is 34.2 Å². The standard InChI is InChI=1S/C21H15F3N6O2/c1-31-16-4-3-13(6-17(16)32-2)29-20-28-8-11(7-25)18(30-20)15-10-27-19-14(15)5-12(9-26-19)21(22,23)24/h3-6,8-10H,1-2H3,(H,26,27)(H,28,29,30). The Balaban J connectivity index is 1.78. The Bertz CT molecular complexity index is 1340. The van der Waals surface area contributed by atoms with Gasteiger partial charge in [-0.2, -0.15) is 18.4 Å². The van der Waals surface area contributed by atoms with Gasteiger partial charge in [0.25, 0.3) is 0 Å². The van der Waals surface area contributed by atoms with E-state index in [0.29, 0.717) is 22.7 Å². The number of H-pyrrole nitrogens is 1. The van der Waals surface area contributed by atoms with Crippen molar-refractivity contribution in [3.8, 4) is 28.8 Å². The number of nitriles is 1. The number of pyridine rings is 1. The average molecular weight is 440 g/mol. The number of nitrogens with zero attached hydrogens (tertiary/aromatic N) is 4. The molecule has 4 aromatic rings. The van der Waals surface area contributed by atoms with Crippen LogP contribution in [0.5, 0.6) is 11.5 Å². The van der Waals surface area contributed by atoms with Crippen molar-refractivity contribution < 1.29 is 22.6 Å². The first-order chi connectivity index (χ1) is 15.3. The van der Waals surface area contributed by atoms with Gasteiger partial charge >= 0.3 is 6.18 Å². The molecular weight excluding hydrogens is 425 g/mol. The first-order valence-electron chi connectivity index (χ1n) is 9.15. The summed E-state index contributed by atoms with van der Waals surface area (Å²) < 4.78 is 50.0. The molecule has 8 nitrogen and oxygen atoms in total. The summed E-state index contributed by atoms with van der Waals surface area (Å²) in [4.78, 5) is 15.1.